The third-order valence-corrected chi connectivity index (χ3v) is 8.52. The second-order valence-electron chi connectivity index (χ2n) is 11.7. The summed E-state index contributed by atoms with van der Waals surface area (Å²) in [6.45, 7) is 4.75. The normalized spacial score (nSPS) is 15.6. The van der Waals surface area contributed by atoms with Gasteiger partial charge in [-0.2, -0.15) is 0 Å². The molecule has 0 spiro atoms. The number of nitrogens with zero attached hydrogens (tertiary/aromatic N) is 1. The monoisotopic (exact) mass is 536 g/mol. The average Bonchev–Trinajstić information content (AvgIpc) is 3.15. The Morgan fingerprint density at radius 3 is 2.52 bits per heavy atom. The molecule has 6 nitrogen and oxygen atoms in total. The summed E-state index contributed by atoms with van der Waals surface area (Å²) >= 11 is 0. The summed E-state index contributed by atoms with van der Waals surface area (Å²) in [6, 6.07) is 20.8. The third-order valence-electron chi connectivity index (χ3n) is 8.52. The van der Waals surface area contributed by atoms with Gasteiger partial charge < -0.3 is 19.7 Å². The van der Waals surface area contributed by atoms with Crippen molar-refractivity contribution in [2.45, 2.75) is 70.4 Å². The Balaban J connectivity index is 1.35. The zero-order valence-electron chi connectivity index (χ0n) is 23.2. The standard InChI is InChI=1S/C34H36N2O4/c1-34(2,30(38)20-22-12-15-25(37)16-13-22)35-33(39)24-14-17-26-28(21-24)36-18-19-40-29-11-7-6-10-27(29)32(36)31(26)23-8-4-3-5-9-23/h6-7,10-17,21,23,37H,3-5,8-9,18-20H2,1-2H3,(H,35,39). The van der Waals surface area contributed by atoms with Crippen molar-refractivity contribution in [2.24, 2.45) is 0 Å². The van der Waals surface area contributed by atoms with E-state index in [-0.39, 0.29) is 23.9 Å². The Bertz CT molecular complexity index is 1580. The number of aromatic nitrogens is 1. The summed E-state index contributed by atoms with van der Waals surface area (Å²) < 4.78 is 8.49. The number of aromatic hydroxyl groups is 1. The van der Waals surface area contributed by atoms with Crippen LogP contribution in [0.3, 0.4) is 0 Å². The van der Waals surface area contributed by atoms with Gasteiger partial charge in [-0.1, -0.05) is 49.6 Å². The Morgan fingerprint density at radius 2 is 1.75 bits per heavy atom. The number of carbonyl (C=O) groups excluding carboxylic acids is 2. The van der Waals surface area contributed by atoms with E-state index in [0.29, 0.717) is 24.6 Å². The van der Waals surface area contributed by atoms with Crippen LogP contribution in [0.25, 0.3) is 22.2 Å². The van der Waals surface area contributed by atoms with E-state index in [2.05, 4.69) is 28.1 Å². The molecule has 40 heavy (non-hydrogen) atoms. The van der Waals surface area contributed by atoms with Crippen molar-refractivity contribution < 1.29 is 19.4 Å². The number of nitrogens with one attached hydrogen (secondary N) is 1. The average molecular weight is 537 g/mol. The molecule has 206 valence electrons. The van der Waals surface area contributed by atoms with Gasteiger partial charge in [0.15, 0.2) is 5.78 Å². The van der Waals surface area contributed by atoms with Crippen LogP contribution in [0.15, 0.2) is 66.7 Å². The maximum atomic E-state index is 13.5. The van der Waals surface area contributed by atoms with E-state index in [4.69, 9.17) is 4.74 Å². The first-order valence-corrected chi connectivity index (χ1v) is 14.3. The summed E-state index contributed by atoms with van der Waals surface area (Å²) in [7, 11) is 0. The number of hydrogen-bond acceptors (Lipinski definition) is 4. The molecular formula is C34H36N2O4. The number of ether oxygens (including phenoxy) is 1. The Labute approximate surface area is 235 Å². The molecule has 1 aliphatic heterocycles. The van der Waals surface area contributed by atoms with Crippen molar-refractivity contribution in [1.29, 1.82) is 0 Å². The van der Waals surface area contributed by atoms with E-state index >= 15 is 0 Å². The fraction of sp³-hybridized carbons (Fsp3) is 0.353. The number of amides is 1. The van der Waals surface area contributed by atoms with Gasteiger partial charge in [0.2, 0.25) is 0 Å². The highest BCUT2D eigenvalue weighted by Crippen LogP contribution is 2.47. The SMILES string of the molecule is CC(C)(NC(=O)c1ccc2c(C3CCCCC3)c3n(c2c1)CCOc1ccccc1-3)C(=O)Cc1ccc(O)cc1. The fourth-order valence-corrected chi connectivity index (χ4v) is 6.33. The van der Waals surface area contributed by atoms with Gasteiger partial charge in [0.25, 0.3) is 5.91 Å². The molecule has 3 aromatic carbocycles. The molecule has 0 atom stereocenters. The highest BCUT2D eigenvalue weighted by Gasteiger charge is 2.32. The van der Waals surface area contributed by atoms with Crippen LogP contribution in [0.1, 0.15) is 73.4 Å². The van der Waals surface area contributed by atoms with Crippen LogP contribution in [0, 0.1) is 0 Å². The molecule has 4 aromatic rings. The minimum absolute atomic E-state index is 0.0995. The summed E-state index contributed by atoms with van der Waals surface area (Å²) in [4.78, 5) is 26.6. The van der Waals surface area contributed by atoms with Gasteiger partial charge in [-0.25, -0.2) is 0 Å². The summed E-state index contributed by atoms with van der Waals surface area (Å²) in [6.07, 6.45) is 6.29. The zero-order chi connectivity index (χ0) is 27.9. The first-order chi connectivity index (χ1) is 19.3. The molecule has 1 aromatic heterocycles. The van der Waals surface area contributed by atoms with Gasteiger partial charge in [0, 0.05) is 28.5 Å². The van der Waals surface area contributed by atoms with E-state index in [1.54, 1.807) is 38.1 Å². The van der Waals surface area contributed by atoms with Gasteiger partial charge in [-0.15, -0.1) is 0 Å². The molecule has 2 N–H and O–H groups in total. The summed E-state index contributed by atoms with van der Waals surface area (Å²) in [5.41, 5.74) is 5.02. The van der Waals surface area contributed by atoms with Gasteiger partial charge in [0.05, 0.1) is 17.8 Å². The van der Waals surface area contributed by atoms with Crippen molar-refractivity contribution in [2.75, 3.05) is 6.61 Å². The lowest BCUT2D eigenvalue weighted by atomic mass is 9.81. The van der Waals surface area contributed by atoms with Crippen LogP contribution in [-0.2, 0) is 17.8 Å². The van der Waals surface area contributed by atoms with Crippen molar-refractivity contribution >= 4 is 22.6 Å². The molecule has 1 aliphatic carbocycles. The molecule has 2 aliphatic rings. The predicted octanol–water partition coefficient (Wildman–Crippen LogP) is 6.77. The van der Waals surface area contributed by atoms with Crippen molar-refractivity contribution in [3.05, 3.63) is 83.4 Å². The first-order valence-electron chi connectivity index (χ1n) is 14.3. The minimum atomic E-state index is -1.06. The third kappa shape index (κ3) is 4.87. The molecule has 1 saturated carbocycles. The fourth-order valence-electron chi connectivity index (χ4n) is 6.33. The highest BCUT2D eigenvalue weighted by molar-refractivity contribution is 6.03. The zero-order valence-corrected chi connectivity index (χ0v) is 23.2. The molecule has 0 bridgehead atoms. The lowest BCUT2D eigenvalue weighted by Gasteiger charge is -2.25. The van der Waals surface area contributed by atoms with Crippen molar-refractivity contribution in [1.82, 2.24) is 9.88 Å². The number of benzene rings is 3. The number of fused-ring (bicyclic) bond motifs is 5. The van der Waals surface area contributed by atoms with E-state index in [1.165, 1.54) is 48.7 Å². The number of rotatable bonds is 6. The Kier molecular flexibility index (Phi) is 6.87. The van der Waals surface area contributed by atoms with Crippen LogP contribution in [0.2, 0.25) is 0 Å². The lowest BCUT2D eigenvalue weighted by molar-refractivity contribution is -0.123. The number of Topliss-reactive ketones (excluding diaryl/α,β-unsaturated/α-hetero) is 1. The van der Waals surface area contributed by atoms with Crippen molar-refractivity contribution in [3.63, 3.8) is 0 Å². The first kappa shape index (κ1) is 26.2. The van der Waals surface area contributed by atoms with E-state index < -0.39 is 5.54 Å². The van der Waals surface area contributed by atoms with Gasteiger partial charge in [-0.05, 0) is 80.1 Å². The van der Waals surface area contributed by atoms with Crippen LogP contribution in [0.4, 0.5) is 0 Å². The van der Waals surface area contributed by atoms with Crippen LogP contribution in [-0.4, -0.2) is 33.5 Å². The lowest BCUT2D eigenvalue weighted by Crippen LogP contribution is -2.50. The summed E-state index contributed by atoms with van der Waals surface area (Å²) in [5, 5.41) is 13.7. The molecule has 6 heteroatoms. The molecular weight excluding hydrogens is 500 g/mol. The number of phenolic OH excluding ortho intramolecular Hbond substituents is 1. The highest BCUT2D eigenvalue weighted by atomic mass is 16.5. The molecule has 2 heterocycles. The number of ketones is 1. The maximum absolute atomic E-state index is 13.5. The minimum Gasteiger partial charge on any atom is -0.508 e. The van der Waals surface area contributed by atoms with Gasteiger partial charge >= 0.3 is 0 Å². The second-order valence-corrected chi connectivity index (χ2v) is 11.7. The van der Waals surface area contributed by atoms with Gasteiger partial charge in [-0.3, -0.25) is 9.59 Å². The Morgan fingerprint density at radius 1 is 1.00 bits per heavy atom. The number of para-hydroxylation sites is 1. The molecule has 0 saturated heterocycles. The Hall–Kier alpha value is -4.06. The van der Waals surface area contributed by atoms with E-state index in [1.807, 2.05) is 24.3 Å². The van der Waals surface area contributed by atoms with Crippen LogP contribution >= 0.6 is 0 Å². The molecule has 0 unspecified atom stereocenters. The van der Waals surface area contributed by atoms with Crippen molar-refractivity contribution in [3.8, 4) is 22.8 Å². The van der Waals surface area contributed by atoms with E-state index in [9.17, 15) is 14.7 Å². The second kappa shape index (κ2) is 10.5. The molecule has 0 radical (unpaired) electrons. The molecule has 6 rings (SSSR count). The number of hydrogen-bond donors (Lipinski definition) is 2. The smallest absolute Gasteiger partial charge is 0.252 e. The quantitative estimate of drug-likeness (QED) is 0.285. The number of carbonyl (C=O) groups is 2. The molecule has 1 amide bonds. The largest absolute Gasteiger partial charge is 0.508 e. The maximum Gasteiger partial charge on any atom is 0.252 e. The van der Waals surface area contributed by atoms with Crippen LogP contribution < -0.4 is 10.1 Å². The predicted molar refractivity (Wildman–Crippen MR) is 157 cm³/mol. The number of phenols is 1. The summed E-state index contributed by atoms with van der Waals surface area (Å²) in [5.74, 6) is 1.18. The topological polar surface area (TPSA) is 80.6 Å². The van der Waals surface area contributed by atoms with Gasteiger partial charge in [0.1, 0.15) is 18.1 Å². The van der Waals surface area contributed by atoms with Crippen LogP contribution in [0.5, 0.6) is 11.5 Å². The molecule has 1 fully saturated rings. The van der Waals surface area contributed by atoms with E-state index in [0.717, 1.165) is 22.4 Å².